The summed E-state index contributed by atoms with van der Waals surface area (Å²) in [7, 11) is -2.79. The number of rotatable bonds is 11. The number of fused-ring (bicyclic) bond motifs is 2. The van der Waals surface area contributed by atoms with Gasteiger partial charge >= 0.3 is 0 Å². The van der Waals surface area contributed by atoms with E-state index in [1.54, 1.807) is 10.8 Å². The van der Waals surface area contributed by atoms with E-state index >= 15 is 0 Å². The van der Waals surface area contributed by atoms with Crippen molar-refractivity contribution in [2.45, 2.75) is 12.8 Å². The van der Waals surface area contributed by atoms with E-state index in [0.717, 1.165) is 29.2 Å². The Balaban J connectivity index is 1.07. The van der Waals surface area contributed by atoms with Crippen LogP contribution in [0.3, 0.4) is 0 Å². The normalized spacial score (nSPS) is 17.6. The Bertz CT molecular complexity index is 2720. The first-order valence-electron chi connectivity index (χ1n) is 20.2. The molecule has 3 heteroatoms. The second-order valence-electron chi connectivity index (χ2n) is 15.7. The fourth-order valence-electron chi connectivity index (χ4n) is 9.55. The van der Waals surface area contributed by atoms with Crippen molar-refractivity contribution in [3.05, 3.63) is 234 Å². The topological polar surface area (TPSA) is 24.1 Å². The summed E-state index contributed by atoms with van der Waals surface area (Å²) < 4.78 is 0. The molecule has 1 saturated carbocycles. The molecule has 2 atom stereocenters. The van der Waals surface area contributed by atoms with E-state index in [2.05, 4.69) is 217 Å². The minimum atomic E-state index is -2.79. The monoisotopic (exact) mass is 746 g/mol. The number of hydrogen-bond donors (Lipinski definition) is 2. The minimum Gasteiger partial charge on any atom is -0.355 e. The maximum atomic E-state index is 3.79. The van der Waals surface area contributed by atoms with Gasteiger partial charge < -0.3 is 10.6 Å². The SMILES string of the molecule is C1=C[C@H]2CC2=C1c1cc(-c2ccc([Si](C3=C(c4ccccc4Nc4ccccc4)C4=CC4C3)(c3ccccc3)c3ccccc3)cc2)ccc1Nc1ccccc1. The molecule has 0 saturated heterocycles. The summed E-state index contributed by atoms with van der Waals surface area (Å²) in [5.74, 6) is 1.12. The molecule has 57 heavy (non-hydrogen) atoms. The maximum absolute atomic E-state index is 3.79. The molecule has 7 aromatic carbocycles. The first-order chi connectivity index (χ1) is 28.2. The molecule has 2 N–H and O–H groups in total. The molecule has 272 valence electrons. The Morgan fingerprint density at radius 3 is 1.60 bits per heavy atom. The van der Waals surface area contributed by atoms with Crippen LogP contribution in [0.2, 0.25) is 0 Å². The van der Waals surface area contributed by atoms with Crippen LogP contribution in [0.1, 0.15) is 24.0 Å². The number of nitrogens with one attached hydrogen (secondary N) is 2. The number of benzene rings is 7. The van der Waals surface area contributed by atoms with Gasteiger partial charge in [0, 0.05) is 45.7 Å². The average molecular weight is 747 g/mol. The van der Waals surface area contributed by atoms with Crippen LogP contribution in [0.4, 0.5) is 22.7 Å². The van der Waals surface area contributed by atoms with Gasteiger partial charge in [0.15, 0.2) is 8.07 Å². The van der Waals surface area contributed by atoms with Crippen molar-refractivity contribution in [2.75, 3.05) is 10.6 Å². The molecule has 1 unspecified atom stereocenters. The third-order valence-electron chi connectivity index (χ3n) is 12.4. The van der Waals surface area contributed by atoms with Gasteiger partial charge in [0.1, 0.15) is 0 Å². The van der Waals surface area contributed by atoms with E-state index in [0.29, 0.717) is 11.8 Å². The zero-order valence-corrected chi connectivity index (χ0v) is 32.7. The molecule has 4 aliphatic carbocycles. The Morgan fingerprint density at radius 2 is 1.00 bits per heavy atom. The molecule has 0 heterocycles. The summed E-state index contributed by atoms with van der Waals surface area (Å²) in [6.07, 6.45) is 9.43. The van der Waals surface area contributed by atoms with Crippen LogP contribution < -0.4 is 26.2 Å². The summed E-state index contributed by atoms with van der Waals surface area (Å²) in [6.45, 7) is 0. The van der Waals surface area contributed by atoms with Gasteiger partial charge in [-0.1, -0.05) is 175 Å². The third-order valence-corrected chi connectivity index (χ3v) is 17.3. The van der Waals surface area contributed by atoms with Gasteiger partial charge in [0.2, 0.25) is 0 Å². The molecular formula is C54H42N2Si. The van der Waals surface area contributed by atoms with Crippen molar-refractivity contribution < 1.29 is 0 Å². The average Bonchev–Trinajstić information content (AvgIpc) is 4.16. The molecule has 2 nitrogen and oxygen atoms in total. The predicted molar refractivity (Wildman–Crippen MR) is 243 cm³/mol. The standard InChI is InChI=1S/C54H42N2Si/c1-5-15-41(16-6-1)55-51-24-14-13-23-47(51)54-49-35-40(49)36-53(54)57(43-19-9-3-10-20-43,44-21-11-4-12-22-44)45-29-25-37(26-30-45)38-28-32-52(56-42-17-7-2-8-18-42)50(33-38)46-31-27-39-34-48(39)46/h1-33,35,39-40,55-56H,34,36H2/t39-,40?/m0/s1. The molecule has 0 radical (unpaired) electrons. The second-order valence-corrected chi connectivity index (χ2v) is 19.6. The third kappa shape index (κ3) is 5.94. The lowest BCUT2D eigenvalue weighted by atomic mass is 9.97. The van der Waals surface area contributed by atoms with Gasteiger partial charge in [0.25, 0.3) is 0 Å². The van der Waals surface area contributed by atoms with E-state index in [4.69, 9.17) is 0 Å². The molecule has 0 spiro atoms. The van der Waals surface area contributed by atoms with Crippen LogP contribution in [-0.4, -0.2) is 8.07 Å². The van der Waals surface area contributed by atoms with Crippen molar-refractivity contribution in [1.82, 2.24) is 0 Å². The highest BCUT2D eigenvalue weighted by Gasteiger charge is 2.51. The molecule has 0 amide bonds. The largest absolute Gasteiger partial charge is 0.355 e. The van der Waals surface area contributed by atoms with E-state index in [9.17, 15) is 0 Å². The molecule has 11 rings (SSSR count). The number of anilines is 4. The molecule has 4 aliphatic rings. The second kappa shape index (κ2) is 13.8. The van der Waals surface area contributed by atoms with Crippen molar-refractivity contribution in [2.24, 2.45) is 11.8 Å². The zero-order valence-electron chi connectivity index (χ0n) is 31.7. The fraction of sp³-hybridized carbons (Fsp3) is 0.0741. The highest BCUT2D eigenvalue weighted by atomic mass is 28.3. The highest BCUT2D eigenvalue weighted by molar-refractivity contribution is 7.16. The van der Waals surface area contributed by atoms with Gasteiger partial charge in [-0.15, -0.1) is 0 Å². The maximum Gasteiger partial charge on any atom is 0.176 e. The lowest BCUT2D eigenvalue weighted by molar-refractivity contribution is 0.939. The van der Waals surface area contributed by atoms with Crippen molar-refractivity contribution in [1.29, 1.82) is 0 Å². The van der Waals surface area contributed by atoms with Crippen LogP contribution in [0.15, 0.2) is 223 Å². The van der Waals surface area contributed by atoms with Crippen molar-refractivity contribution in [3.8, 4) is 11.1 Å². The summed E-state index contributed by atoms with van der Waals surface area (Å²) >= 11 is 0. The number of allylic oxidation sites excluding steroid dienone is 8. The Hall–Kier alpha value is -6.68. The van der Waals surface area contributed by atoms with E-state index in [1.165, 1.54) is 61.0 Å². The molecule has 7 aromatic rings. The predicted octanol–water partition coefficient (Wildman–Crippen LogP) is 11.6. The first kappa shape index (κ1) is 33.6. The number of para-hydroxylation sites is 3. The number of hydrogen-bond acceptors (Lipinski definition) is 2. The summed E-state index contributed by atoms with van der Waals surface area (Å²) in [4.78, 5) is 0. The molecule has 0 aliphatic heterocycles. The summed E-state index contributed by atoms with van der Waals surface area (Å²) in [5.41, 5.74) is 15.4. The smallest absolute Gasteiger partial charge is 0.176 e. The van der Waals surface area contributed by atoms with Crippen molar-refractivity contribution in [3.63, 3.8) is 0 Å². The van der Waals surface area contributed by atoms with Gasteiger partial charge in [0.05, 0.1) is 0 Å². The van der Waals surface area contributed by atoms with Crippen LogP contribution >= 0.6 is 0 Å². The van der Waals surface area contributed by atoms with Crippen molar-refractivity contribution >= 4 is 57.5 Å². The Kier molecular flexibility index (Phi) is 8.15. The van der Waals surface area contributed by atoms with Gasteiger partial charge in [-0.25, -0.2) is 0 Å². The van der Waals surface area contributed by atoms with E-state index < -0.39 is 8.07 Å². The van der Waals surface area contributed by atoms with Gasteiger partial charge in [-0.3, -0.25) is 0 Å². The van der Waals surface area contributed by atoms with Crippen LogP contribution in [0, 0.1) is 11.8 Å². The first-order valence-corrected chi connectivity index (χ1v) is 22.2. The molecule has 0 bridgehead atoms. The van der Waals surface area contributed by atoms with E-state index in [-0.39, 0.29) is 0 Å². The quantitative estimate of drug-likeness (QED) is 0.102. The zero-order chi connectivity index (χ0) is 37.8. The van der Waals surface area contributed by atoms with Gasteiger partial charge in [-0.2, -0.15) is 0 Å². The minimum absolute atomic E-state index is 0.492. The summed E-state index contributed by atoms with van der Waals surface area (Å²) in [6, 6.07) is 69.5. The lowest BCUT2D eigenvalue weighted by Gasteiger charge is -2.37. The molecule has 0 aromatic heterocycles. The molecular weight excluding hydrogens is 705 g/mol. The van der Waals surface area contributed by atoms with Crippen LogP contribution in [-0.2, 0) is 0 Å². The fourth-order valence-corrected chi connectivity index (χ4v) is 14.8. The Labute approximate surface area is 336 Å². The van der Waals surface area contributed by atoms with Crippen LogP contribution in [0.5, 0.6) is 0 Å². The summed E-state index contributed by atoms with van der Waals surface area (Å²) in [5, 5.41) is 13.4. The van der Waals surface area contributed by atoms with Gasteiger partial charge in [-0.05, 0) is 98.7 Å². The molecule has 1 fully saturated rings. The lowest BCUT2D eigenvalue weighted by Crippen LogP contribution is -2.68. The van der Waals surface area contributed by atoms with E-state index in [1.807, 2.05) is 0 Å². The van der Waals surface area contributed by atoms with Crippen LogP contribution in [0.25, 0.3) is 22.3 Å². The highest BCUT2D eigenvalue weighted by Crippen LogP contribution is 2.56. The Morgan fingerprint density at radius 1 is 0.456 bits per heavy atom.